The number of quaternary nitrogens is 1. The van der Waals surface area contributed by atoms with Crippen molar-refractivity contribution < 1.29 is 42.1 Å². The molecule has 2 atom stereocenters. The fourth-order valence-corrected chi connectivity index (χ4v) is 7.00. The second-order valence-corrected chi connectivity index (χ2v) is 18.2. The maximum atomic E-state index is 12.7. The normalized spacial score (nSPS) is 13.9. The van der Waals surface area contributed by atoms with Crippen LogP contribution in [0.1, 0.15) is 200 Å². The highest BCUT2D eigenvalue weighted by Crippen LogP contribution is 2.43. The minimum absolute atomic E-state index is 0.0266. The van der Waals surface area contributed by atoms with Gasteiger partial charge in [-0.2, -0.15) is 0 Å². The average molecular weight is 827 g/mol. The van der Waals surface area contributed by atoms with Gasteiger partial charge in [-0.1, -0.05) is 172 Å². The van der Waals surface area contributed by atoms with Crippen molar-refractivity contribution in [1.29, 1.82) is 0 Å². The summed E-state index contributed by atoms with van der Waals surface area (Å²) in [5.41, 5.74) is 0. The van der Waals surface area contributed by atoms with E-state index in [0.717, 1.165) is 44.9 Å². The Hall–Kier alpha value is -1.77. The van der Waals surface area contributed by atoms with Crippen LogP contribution < -0.4 is 0 Å². The van der Waals surface area contributed by atoms with Gasteiger partial charge in [-0.3, -0.25) is 18.6 Å². The number of rotatable bonds is 42. The molecule has 0 aromatic carbocycles. The zero-order valence-electron chi connectivity index (χ0n) is 37.6. The molecular formula is C47H89NO8P+. The molecule has 0 aliphatic rings. The third kappa shape index (κ3) is 43.6. The number of esters is 2. The monoisotopic (exact) mass is 827 g/mol. The largest absolute Gasteiger partial charge is 0.472 e. The molecule has 0 aliphatic heterocycles. The third-order valence-electron chi connectivity index (χ3n) is 9.92. The first-order valence-corrected chi connectivity index (χ1v) is 24.7. The highest BCUT2D eigenvalue weighted by atomic mass is 31.2. The topological polar surface area (TPSA) is 108 Å². The van der Waals surface area contributed by atoms with E-state index >= 15 is 0 Å². The number of likely N-dealkylation sites (N-methyl/N-ethyl adjacent to an activating group) is 1. The number of unbranched alkanes of at least 4 members (excludes halogenated alkanes) is 22. The predicted molar refractivity (Wildman–Crippen MR) is 238 cm³/mol. The Bertz CT molecular complexity index is 1070. The number of carbonyl (C=O) groups is 2. The lowest BCUT2D eigenvalue weighted by Gasteiger charge is -2.24. The van der Waals surface area contributed by atoms with Gasteiger partial charge in [0.1, 0.15) is 19.8 Å². The van der Waals surface area contributed by atoms with E-state index < -0.39 is 32.5 Å². The summed E-state index contributed by atoms with van der Waals surface area (Å²) in [6.45, 7) is 4.37. The Morgan fingerprint density at radius 1 is 0.544 bits per heavy atom. The first kappa shape index (κ1) is 55.2. The number of allylic oxidation sites excluding steroid dienone is 6. The molecule has 0 fully saturated rings. The second-order valence-electron chi connectivity index (χ2n) is 16.8. The van der Waals surface area contributed by atoms with E-state index in [4.69, 9.17) is 18.5 Å². The average Bonchev–Trinajstić information content (AvgIpc) is 3.16. The summed E-state index contributed by atoms with van der Waals surface area (Å²) in [6, 6.07) is 0. The van der Waals surface area contributed by atoms with Crippen LogP contribution in [0.4, 0.5) is 0 Å². The van der Waals surface area contributed by atoms with Crippen molar-refractivity contribution >= 4 is 19.8 Å². The van der Waals surface area contributed by atoms with Crippen molar-refractivity contribution in [3.63, 3.8) is 0 Å². The molecule has 1 N–H and O–H groups in total. The van der Waals surface area contributed by atoms with Gasteiger partial charge in [0.25, 0.3) is 0 Å². The van der Waals surface area contributed by atoms with Crippen LogP contribution in [0.3, 0.4) is 0 Å². The highest BCUT2D eigenvalue weighted by Gasteiger charge is 2.27. The van der Waals surface area contributed by atoms with Crippen molar-refractivity contribution in [3.8, 4) is 0 Å². The zero-order chi connectivity index (χ0) is 42.1. The Morgan fingerprint density at radius 3 is 1.44 bits per heavy atom. The smallest absolute Gasteiger partial charge is 0.462 e. The molecule has 334 valence electrons. The van der Waals surface area contributed by atoms with Crippen LogP contribution in [-0.2, 0) is 32.7 Å². The summed E-state index contributed by atoms with van der Waals surface area (Å²) in [5.74, 6) is -0.837. The molecule has 0 saturated carbocycles. The molecule has 0 aliphatic carbocycles. The predicted octanol–water partition coefficient (Wildman–Crippen LogP) is 13.3. The molecular weight excluding hydrogens is 737 g/mol. The lowest BCUT2D eigenvalue weighted by Crippen LogP contribution is -2.37. The van der Waals surface area contributed by atoms with E-state index in [2.05, 4.69) is 50.3 Å². The summed E-state index contributed by atoms with van der Waals surface area (Å²) in [7, 11) is 1.46. The molecule has 0 amide bonds. The van der Waals surface area contributed by atoms with E-state index in [1.807, 2.05) is 21.1 Å². The van der Waals surface area contributed by atoms with Gasteiger partial charge in [0, 0.05) is 12.8 Å². The van der Waals surface area contributed by atoms with Crippen LogP contribution in [-0.4, -0.2) is 74.9 Å². The number of nitrogens with zero attached hydrogens (tertiary/aromatic N) is 1. The van der Waals surface area contributed by atoms with Gasteiger partial charge >= 0.3 is 19.8 Å². The van der Waals surface area contributed by atoms with Gasteiger partial charge in [-0.05, 0) is 51.4 Å². The molecule has 0 bridgehead atoms. The molecule has 0 spiro atoms. The van der Waals surface area contributed by atoms with E-state index in [1.165, 1.54) is 116 Å². The molecule has 0 saturated heterocycles. The molecule has 0 aromatic rings. The number of ether oxygens (including phenoxy) is 2. The van der Waals surface area contributed by atoms with Crippen LogP contribution >= 0.6 is 7.82 Å². The summed E-state index contributed by atoms with van der Waals surface area (Å²) < 4.78 is 34.3. The highest BCUT2D eigenvalue weighted by molar-refractivity contribution is 7.47. The van der Waals surface area contributed by atoms with Crippen molar-refractivity contribution in [3.05, 3.63) is 36.5 Å². The van der Waals surface area contributed by atoms with E-state index in [0.29, 0.717) is 23.9 Å². The van der Waals surface area contributed by atoms with Crippen molar-refractivity contribution in [1.82, 2.24) is 0 Å². The molecule has 0 heterocycles. The Morgan fingerprint density at radius 2 is 0.947 bits per heavy atom. The van der Waals surface area contributed by atoms with Crippen LogP contribution in [0.25, 0.3) is 0 Å². The van der Waals surface area contributed by atoms with Crippen molar-refractivity contribution in [2.24, 2.45) is 0 Å². The molecule has 1 unspecified atom stereocenters. The number of carbonyl (C=O) groups excluding carboxylic acids is 2. The summed E-state index contributed by atoms with van der Waals surface area (Å²) in [6.07, 6.45) is 44.8. The Balaban J connectivity index is 4.36. The van der Waals surface area contributed by atoms with E-state index in [1.54, 1.807) is 0 Å². The number of hydrogen-bond donors (Lipinski definition) is 1. The lowest BCUT2D eigenvalue weighted by molar-refractivity contribution is -0.870. The number of phosphoric acid groups is 1. The molecule has 9 nitrogen and oxygen atoms in total. The van der Waals surface area contributed by atoms with E-state index in [-0.39, 0.29) is 26.1 Å². The Labute approximate surface area is 351 Å². The maximum Gasteiger partial charge on any atom is 0.472 e. The van der Waals surface area contributed by atoms with Gasteiger partial charge in [0.2, 0.25) is 0 Å². The van der Waals surface area contributed by atoms with E-state index in [9.17, 15) is 19.0 Å². The summed E-state index contributed by atoms with van der Waals surface area (Å²) >= 11 is 0. The molecule has 0 aromatic heterocycles. The standard InChI is InChI=1S/C47H88NO8P/c1-6-8-10-12-14-16-18-20-22-23-24-26-28-30-32-34-36-38-40-47(50)56-45(44-55-57(51,52)54-42-41-48(3,4)5)43-53-46(49)39-37-35-33-31-29-27-25-21-19-17-15-13-11-9-7-2/h15,17,21,25,29,31,45H,6-14,16,18-20,22-24,26-28,30,32-44H2,1-5H3/p+1/b17-15-,25-21-,31-29-/t45-/m1/s1. The fourth-order valence-electron chi connectivity index (χ4n) is 6.26. The van der Waals surface area contributed by atoms with Crippen LogP contribution in [0.5, 0.6) is 0 Å². The fraction of sp³-hybridized carbons (Fsp3) is 0.830. The summed E-state index contributed by atoms with van der Waals surface area (Å²) in [5, 5.41) is 0. The van der Waals surface area contributed by atoms with Crippen LogP contribution in [0.15, 0.2) is 36.5 Å². The number of hydrogen-bond acceptors (Lipinski definition) is 7. The molecule has 0 radical (unpaired) electrons. The third-order valence-corrected chi connectivity index (χ3v) is 10.9. The maximum absolute atomic E-state index is 12.7. The zero-order valence-corrected chi connectivity index (χ0v) is 38.5. The van der Waals surface area contributed by atoms with Gasteiger partial charge in [0.05, 0.1) is 27.7 Å². The second kappa shape index (κ2) is 39.7. The quantitative estimate of drug-likeness (QED) is 0.0213. The Kier molecular flexibility index (Phi) is 38.4. The van der Waals surface area contributed by atoms with Gasteiger partial charge in [-0.15, -0.1) is 0 Å². The SMILES string of the molecule is CCCCC/C=C\C/C=C\C/C=C\CCCCC(=O)OC[C@H](COP(=O)(O)OCC[N+](C)(C)C)OC(=O)CCCCCCCCCCCCCCCCCCCC. The van der Waals surface area contributed by atoms with Gasteiger partial charge in [-0.25, -0.2) is 4.57 Å². The molecule has 57 heavy (non-hydrogen) atoms. The van der Waals surface area contributed by atoms with Crippen LogP contribution in [0.2, 0.25) is 0 Å². The van der Waals surface area contributed by atoms with Crippen LogP contribution in [0, 0.1) is 0 Å². The number of phosphoric ester groups is 1. The minimum atomic E-state index is -4.38. The van der Waals surface area contributed by atoms with Gasteiger partial charge in [0.15, 0.2) is 6.10 Å². The first-order valence-electron chi connectivity index (χ1n) is 23.2. The minimum Gasteiger partial charge on any atom is -0.462 e. The lowest BCUT2D eigenvalue weighted by atomic mass is 10.0. The van der Waals surface area contributed by atoms with Gasteiger partial charge < -0.3 is 18.9 Å². The van der Waals surface area contributed by atoms with Crippen molar-refractivity contribution in [2.45, 2.75) is 206 Å². The first-order chi connectivity index (χ1) is 27.5. The molecule has 10 heteroatoms. The molecule has 0 rings (SSSR count). The summed E-state index contributed by atoms with van der Waals surface area (Å²) in [4.78, 5) is 35.4. The van der Waals surface area contributed by atoms with Crippen molar-refractivity contribution in [2.75, 3.05) is 47.5 Å².